The molecule has 0 aliphatic carbocycles. The topological polar surface area (TPSA) is 33.1 Å². The first kappa shape index (κ1) is 10.7. The molecule has 0 unspecified atom stereocenters. The summed E-state index contributed by atoms with van der Waals surface area (Å²) in [5.74, 6) is 0. The third-order valence-electron chi connectivity index (χ3n) is 2.18. The monoisotopic (exact) mass is 189 g/mol. The van der Waals surface area contributed by atoms with Gasteiger partial charge in [0, 0.05) is 12.4 Å². The molecule has 0 aromatic carbocycles. The molecule has 1 aromatic rings. The van der Waals surface area contributed by atoms with Crippen molar-refractivity contribution >= 4 is 0 Å². The molecule has 1 heterocycles. The first-order valence-corrected chi connectivity index (χ1v) is 4.57. The summed E-state index contributed by atoms with van der Waals surface area (Å²) in [6, 6.07) is 3.62. The number of pyridine rings is 1. The lowest BCUT2D eigenvalue weighted by molar-refractivity contribution is 0.0429. The third-order valence-corrected chi connectivity index (χ3v) is 2.18. The number of nitrogens with zero attached hydrogens (tertiary/aromatic N) is 1. The lowest BCUT2D eigenvalue weighted by atomic mass is 9.88. The zero-order valence-corrected chi connectivity index (χ0v) is 8.19. The van der Waals surface area contributed by atoms with Gasteiger partial charge in [0.2, 0.25) is 0 Å². The fraction of sp³-hybridized carbons (Fsp3) is 0.250. The summed E-state index contributed by atoms with van der Waals surface area (Å²) < 4.78 is 0. The van der Waals surface area contributed by atoms with E-state index in [1.807, 2.05) is 12.1 Å². The second kappa shape index (κ2) is 4.72. The Morgan fingerprint density at radius 3 is 2.14 bits per heavy atom. The molecule has 2 heteroatoms. The van der Waals surface area contributed by atoms with Crippen LogP contribution in [0.2, 0.25) is 0 Å². The summed E-state index contributed by atoms with van der Waals surface area (Å²) in [5, 5.41) is 10.3. The highest BCUT2D eigenvalue weighted by Gasteiger charge is 2.25. The lowest BCUT2D eigenvalue weighted by Crippen LogP contribution is -2.24. The number of aromatic nitrogens is 1. The summed E-state index contributed by atoms with van der Waals surface area (Å²) >= 11 is 0. The Kier molecular flexibility index (Phi) is 3.60. The Bertz CT molecular complexity index is 295. The molecular weight excluding hydrogens is 174 g/mol. The standard InChI is InChI=1S/C12H15NO/c1-3-7-12(14,8-4-2)11-5-9-13-10-6-11/h3-6,9-10,14H,1-2,7-8H2. The van der Waals surface area contributed by atoms with Crippen molar-refractivity contribution in [2.45, 2.75) is 18.4 Å². The highest BCUT2D eigenvalue weighted by Crippen LogP contribution is 2.28. The fourth-order valence-corrected chi connectivity index (χ4v) is 1.46. The van der Waals surface area contributed by atoms with Crippen LogP contribution in [-0.4, -0.2) is 10.1 Å². The molecule has 0 atom stereocenters. The predicted molar refractivity (Wildman–Crippen MR) is 57.8 cm³/mol. The highest BCUT2D eigenvalue weighted by atomic mass is 16.3. The van der Waals surface area contributed by atoms with E-state index in [-0.39, 0.29) is 0 Å². The van der Waals surface area contributed by atoms with Crippen LogP contribution in [0.5, 0.6) is 0 Å². The van der Waals surface area contributed by atoms with Crippen molar-refractivity contribution in [3.63, 3.8) is 0 Å². The predicted octanol–water partition coefficient (Wildman–Crippen LogP) is 2.42. The van der Waals surface area contributed by atoms with Crippen molar-refractivity contribution < 1.29 is 5.11 Å². The number of hydrogen-bond donors (Lipinski definition) is 1. The van der Waals surface area contributed by atoms with E-state index in [0.717, 1.165) is 5.56 Å². The van der Waals surface area contributed by atoms with Crippen LogP contribution in [0.1, 0.15) is 18.4 Å². The van der Waals surface area contributed by atoms with Crippen molar-refractivity contribution in [2.24, 2.45) is 0 Å². The molecule has 0 bridgehead atoms. The Morgan fingerprint density at radius 2 is 1.71 bits per heavy atom. The Morgan fingerprint density at radius 1 is 1.21 bits per heavy atom. The van der Waals surface area contributed by atoms with E-state index in [9.17, 15) is 5.11 Å². The Balaban J connectivity index is 2.98. The molecule has 0 amide bonds. The van der Waals surface area contributed by atoms with Crippen LogP contribution < -0.4 is 0 Å². The minimum absolute atomic E-state index is 0.517. The molecule has 0 aliphatic heterocycles. The van der Waals surface area contributed by atoms with Gasteiger partial charge in [-0.2, -0.15) is 0 Å². The Hall–Kier alpha value is -1.41. The molecule has 0 fully saturated rings. The van der Waals surface area contributed by atoms with Gasteiger partial charge in [-0.25, -0.2) is 0 Å². The first-order valence-electron chi connectivity index (χ1n) is 4.57. The average Bonchev–Trinajstić information content (AvgIpc) is 2.20. The maximum Gasteiger partial charge on any atom is 0.0965 e. The van der Waals surface area contributed by atoms with Gasteiger partial charge >= 0.3 is 0 Å². The number of rotatable bonds is 5. The molecular formula is C12H15NO. The van der Waals surface area contributed by atoms with Crippen molar-refractivity contribution in [1.82, 2.24) is 4.98 Å². The van der Waals surface area contributed by atoms with Crippen molar-refractivity contribution in [2.75, 3.05) is 0 Å². The van der Waals surface area contributed by atoms with Gasteiger partial charge in [0.1, 0.15) is 0 Å². The molecule has 0 saturated heterocycles. The highest BCUT2D eigenvalue weighted by molar-refractivity contribution is 5.21. The molecule has 0 radical (unpaired) electrons. The van der Waals surface area contributed by atoms with Crippen molar-refractivity contribution in [3.05, 3.63) is 55.4 Å². The van der Waals surface area contributed by atoms with Crippen LogP contribution in [0.3, 0.4) is 0 Å². The summed E-state index contributed by atoms with van der Waals surface area (Å²) in [5.41, 5.74) is -0.0285. The Labute approximate surface area is 84.6 Å². The van der Waals surface area contributed by atoms with Gasteiger partial charge in [0.05, 0.1) is 5.60 Å². The maximum atomic E-state index is 10.3. The summed E-state index contributed by atoms with van der Waals surface area (Å²) in [6.07, 6.45) is 7.80. The second-order valence-electron chi connectivity index (χ2n) is 3.25. The molecule has 1 aromatic heterocycles. The quantitative estimate of drug-likeness (QED) is 0.721. The molecule has 0 aliphatic rings. The van der Waals surface area contributed by atoms with E-state index in [1.54, 1.807) is 24.5 Å². The van der Waals surface area contributed by atoms with Gasteiger partial charge in [-0.1, -0.05) is 12.2 Å². The number of aliphatic hydroxyl groups is 1. The molecule has 74 valence electrons. The van der Waals surface area contributed by atoms with E-state index in [1.165, 1.54) is 0 Å². The van der Waals surface area contributed by atoms with Crippen LogP contribution >= 0.6 is 0 Å². The van der Waals surface area contributed by atoms with Crippen molar-refractivity contribution in [3.8, 4) is 0 Å². The maximum absolute atomic E-state index is 10.3. The summed E-state index contributed by atoms with van der Waals surface area (Å²) in [7, 11) is 0. The molecule has 1 rings (SSSR count). The van der Waals surface area contributed by atoms with Crippen LogP contribution in [0, 0.1) is 0 Å². The van der Waals surface area contributed by atoms with Crippen LogP contribution in [-0.2, 0) is 5.60 Å². The largest absolute Gasteiger partial charge is 0.385 e. The SMILES string of the molecule is C=CCC(O)(CC=C)c1ccncc1. The molecule has 2 nitrogen and oxygen atoms in total. The summed E-state index contributed by atoms with van der Waals surface area (Å²) in [4.78, 5) is 3.92. The van der Waals surface area contributed by atoms with Crippen LogP contribution in [0.4, 0.5) is 0 Å². The zero-order chi connectivity index (χ0) is 10.4. The van der Waals surface area contributed by atoms with E-state index in [4.69, 9.17) is 0 Å². The van der Waals surface area contributed by atoms with Gasteiger partial charge in [-0.05, 0) is 30.5 Å². The lowest BCUT2D eigenvalue weighted by Gasteiger charge is -2.25. The number of hydrogen-bond acceptors (Lipinski definition) is 2. The van der Waals surface area contributed by atoms with Crippen LogP contribution in [0.15, 0.2) is 49.8 Å². The molecule has 14 heavy (non-hydrogen) atoms. The van der Waals surface area contributed by atoms with E-state index in [0.29, 0.717) is 12.8 Å². The van der Waals surface area contributed by atoms with Gasteiger partial charge in [0.15, 0.2) is 0 Å². The minimum atomic E-state index is -0.882. The molecule has 0 saturated carbocycles. The van der Waals surface area contributed by atoms with Gasteiger partial charge in [0.25, 0.3) is 0 Å². The van der Waals surface area contributed by atoms with Gasteiger partial charge in [-0.3, -0.25) is 4.98 Å². The van der Waals surface area contributed by atoms with E-state index >= 15 is 0 Å². The van der Waals surface area contributed by atoms with E-state index in [2.05, 4.69) is 18.1 Å². The second-order valence-corrected chi connectivity index (χ2v) is 3.25. The van der Waals surface area contributed by atoms with Gasteiger partial charge < -0.3 is 5.11 Å². The summed E-state index contributed by atoms with van der Waals surface area (Å²) in [6.45, 7) is 7.29. The minimum Gasteiger partial charge on any atom is -0.385 e. The molecule has 0 spiro atoms. The van der Waals surface area contributed by atoms with E-state index < -0.39 is 5.60 Å². The van der Waals surface area contributed by atoms with Crippen molar-refractivity contribution in [1.29, 1.82) is 0 Å². The van der Waals surface area contributed by atoms with Crippen LogP contribution in [0.25, 0.3) is 0 Å². The smallest absolute Gasteiger partial charge is 0.0965 e. The zero-order valence-electron chi connectivity index (χ0n) is 8.19. The third kappa shape index (κ3) is 2.30. The normalized spacial score (nSPS) is 10.9. The molecule has 1 N–H and O–H groups in total. The van der Waals surface area contributed by atoms with Gasteiger partial charge in [-0.15, -0.1) is 13.2 Å². The first-order chi connectivity index (χ1) is 6.73. The average molecular weight is 189 g/mol. The fourth-order valence-electron chi connectivity index (χ4n) is 1.46.